The standard InChI is InChI=1S/C10H10BrN3O2S/c11-5-9-6-12-10(17-9)13-7-2-1-3-8(4-7)14(15)16/h1-4,9H,5-6H2,(H,12,13)/t9-/m1/s1. The van der Waals surface area contributed by atoms with Gasteiger partial charge in [0, 0.05) is 28.4 Å². The number of nitro groups is 1. The average molecular weight is 316 g/mol. The van der Waals surface area contributed by atoms with Crippen molar-refractivity contribution in [2.45, 2.75) is 5.25 Å². The summed E-state index contributed by atoms with van der Waals surface area (Å²) in [5, 5.41) is 15.9. The zero-order chi connectivity index (χ0) is 12.3. The molecule has 90 valence electrons. The summed E-state index contributed by atoms with van der Waals surface area (Å²) in [5.41, 5.74) is 0.774. The number of benzene rings is 1. The lowest BCUT2D eigenvalue weighted by molar-refractivity contribution is -0.384. The van der Waals surface area contributed by atoms with E-state index in [-0.39, 0.29) is 5.69 Å². The number of amidine groups is 1. The molecule has 7 heteroatoms. The van der Waals surface area contributed by atoms with Gasteiger partial charge in [0.25, 0.3) is 5.69 Å². The Balaban J connectivity index is 2.04. The van der Waals surface area contributed by atoms with Gasteiger partial charge in [0.2, 0.25) is 0 Å². The van der Waals surface area contributed by atoms with E-state index in [0.717, 1.165) is 17.0 Å². The Hall–Kier alpha value is -1.08. The molecule has 0 aromatic heterocycles. The number of rotatable bonds is 3. The molecule has 0 saturated carbocycles. The number of nitrogens with one attached hydrogen (secondary N) is 1. The Morgan fingerprint density at radius 1 is 1.65 bits per heavy atom. The molecule has 0 radical (unpaired) electrons. The van der Waals surface area contributed by atoms with Crippen LogP contribution in [0.4, 0.5) is 11.4 Å². The third-order valence-electron chi connectivity index (χ3n) is 2.20. The molecular weight excluding hydrogens is 306 g/mol. The molecule has 1 N–H and O–H groups in total. The minimum atomic E-state index is -0.407. The third-order valence-corrected chi connectivity index (χ3v) is 4.51. The second-order valence-electron chi connectivity index (χ2n) is 3.47. The highest BCUT2D eigenvalue weighted by Crippen LogP contribution is 2.25. The fourth-order valence-electron chi connectivity index (χ4n) is 1.39. The van der Waals surface area contributed by atoms with Gasteiger partial charge in [0.05, 0.1) is 11.5 Å². The molecule has 5 nitrogen and oxygen atoms in total. The van der Waals surface area contributed by atoms with Gasteiger partial charge in [-0.15, -0.1) is 0 Å². The van der Waals surface area contributed by atoms with Crippen molar-refractivity contribution >= 4 is 44.2 Å². The molecule has 0 spiro atoms. The summed E-state index contributed by atoms with van der Waals surface area (Å²) in [5.74, 6) is 0. The van der Waals surface area contributed by atoms with Gasteiger partial charge in [-0.2, -0.15) is 0 Å². The first-order valence-corrected chi connectivity index (χ1v) is 6.97. The lowest BCUT2D eigenvalue weighted by Crippen LogP contribution is -2.08. The monoisotopic (exact) mass is 315 g/mol. The van der Waals surface area contributed by atoms with E-state index in [1.54, 1.807) is 23.9 Å². The molecule has 17 heavy (non-hydrogen) atoms. The second kappa shape index (κ2) is 5.50. The summed E-state index contributed by atoms with van der Waals surface area (Å²) in [4.78, 5) is 14.5. The Morgan fingerprint density at radius 3 is 3.12 bits per heavy atom. The Labute approximate surface area is 111 Å². The van der Waals surface area contributed by atoms with E-state index in [4.69, 9.17) is 0 Å². The number of hydrogen-bond donors (Lipinski definition) is 1. The first-order chi connectivity index (χ1) is 8.19. The zero-order valence-electron chi connectivity index (χ0n) is 8.80. The molecule has 0 amide bonds. The van der Waals surface area contributed by atoms with Crippen LogP contribution in [0.5, 0.6) is 0 Å². The van der Waals surface area contributed by atoms with Crippen LogP contribution >= 0.6 is 27.7 Å². The average Bonchev–Trinajstić information content (AvgIpc) is 2.77. The van der Waals surface area contributed by atoms with Gasteiger partial charge in [-0.25, -0.2) is 0 Å². The molecule has 0 saturated heterocycles. The van der Waals surface area contributed by atoms with Crippen molar-refractivity contribution in [2.75, 3.05) is 17.2 Å². The highest BCUT2D eigenvalue weighted by Gasteiger charge is 2.18. The highest BCUT2D eigenvalue weighted by atomic mass is 79.9. The summed E-state index contributed by atoms with van der Waals surface area (Å²) >= 11 is 5.05. The number of hydrogen-bond acceptors (Lipinski definition) is 5. The first-order valence-electron chi connectivity index (χ1n) is 4.97. The molecule has 0 fully saturated rings. The molecule has 1 aliphatic rings. The second-order valence-corrected chi connectivity index (χ2v) is 5.41. The van der Waals surface area contributed by atoms with Crippen molar-refractivity contribution < 1.29 is 4.92 Å². The minimum absolute atomic E-state index is 0.0793. The Bertz CT molecular complexity index is 467. The Kier molecular flexibility index (Phi) is 4.01. The van der Waals surface area contributed by atoms with Gasteiger partial charge in [-0.3, -0.25) is 15.1 Å². The maximum Gasteiger partial charge on any atom is 0.271 e. The van der Waals surface area contributed by atoms with Crippen LogP contribution in [0, 0.1) is 10.1 Å². The van der Waals surface area contributed by atoms with Gasteiger partial charge in [0.15, 0.2) is 5.17 Å². The van der Waals surface area contributed by atoms with Crippen molar-refractivity contribution in [3.63, 3.8) is 0 Å². The number of nitro benzene ring substituents is 1. The normalized spacial score (nSPS) is 18.9. The van der Waals surface area contributed by atoms with Crippen molar-refractivity contribution in [2.24, 2.45) is 4.99 Å². The lowest BCUT2D eigenvalue weighted by Gasteiger charge is -2.06. The quantitative estimate of drug-likeness (QED) is 0.529. The van der Waals surface area contributed by atoms with E-state index < -0.39 is 4.92 Å². The number of halogens is 1. The van der Waals surface area contributed by atoms with E-state index in [2.05, 4.69) is 26.2 Å². The van der Waals surface area contributed by atoms with Crippen LogP contribution in [-0.2, 0) is 0 Å². The number of nitrogens with zero attached hydrogens (tertiary/aromatic N) is 2. The fraction of sp³-hybridized carbons (Fsp3) is 0.300. The third kappa shape index (κ3) is 3.19. The van der Waals surface area contributed by atoms with E-state index in [0.29, 0.717) is 10.9 Å². The molecule has 1 atom stereocenters. The summed E-state index contributed by atoms with van der Waals surface area (Å²) in [6.45, 7) is 0.771. The molecule has 1 aliphatic heterocycles. The highest BCUT2D eigenvalue weighted by molar-refractivity contribution is 9.09. The summed E-state index contributed by atoms with van der Waals surface area (Å²) in [7, 11) is 0. The van der Waals surface area contributed by atoms with E-state index in [1.807, 2.05) is 0 Å². The van der Waals surface area contributed by atoms with Crippen molar-refractivity contribution in [3.8, 4) is 0 Å². The van der Waals surface area contributed by atoms with Crippen molar-refractivity contribution in [1.29, 1.82) is 0 Å². The van der Waals surface area contributed by atoms with Gasteiger partial charge in [-0.1, -0.05) is 33.8 Å². The first kappa shape index (κ1) is 12.4. The van der Waals surface area contributed by atoms with E-state index in [9.17, 15) is 10.1 Å². The summed E-state index contributed by atoms with van der Waals surface area (Å²) in [6, 6.07) is 6.42. The van der Waals surface area contributed by atoms with E-state index in [1.165, 1.54) is 12.1 Å². The largest absolute Gasteiger partial charge is 0.335 e. The van der Waals surface area contributed by atoms with Gasteiger partial charge in [-0.05, 0) is 6.07 Å². The van der Waals surface area contributed by atoms with Gasteiger partial charge in [0.1, 0.15) is 0 Å². The predicted molar refractivity (Wildman–Crippen MR) is 74.2 cm³/mol. The number of thioether (sulfide) groups is 1. The van der Waals surface area contributed by atoms with Crippen LogP contribution in [0.2, 0.25) is 0 Å². The minimum Gasteiger partial charge on any atom is -0.335 e. The molecule has 2 rings (SSSR count). The maximum absolute atomic E-state index is 10.6. The summed E-state index contributed by atoms with van der Waals surface area (Å²) < 4.78 is 0. The fourth-order valence-corrected chi connectivity index (χ4v) is 2.84. The van der Waals surface area contributed by atoms with E-state index >= 15 is 0 Å². The molecular formula is C10H10BrN3O2S. The lowest BCUT2D eigenvalue weighted by atomic mass is 10.3. The molecule has 0 unspecified atom stereocenters. The smallest absolute Gasteiger partial charge is 0.271 e. The van der Waals surface area contributed by atoms with Crippen LogP contribution in [0.1, 0.15) is 0 Å². The SMILES string of the molecule is O=[N+]([O-])c1cccc(NC2=NC[C@@H](CBr)S2)c1. The molecule has 1 aromatic rings. The van der Waals surface area contributed by atoms with Crippen LogP contribution < -0.4 is 5.32 Å². The number of non-ortho nitro benzene ring substituents is 1. The molecule has 1 heterocycles. The van der Waals surface area contributed by atoms with Crippen LogP contribution in [0.15, 0.2) is 29.3 Å². The van der Waals surface area contributed by atoms with Crippen molar-refractivity contribution in [1.82, 2.24) is 0 Å². The van der Waals surface area contributed by atoms with Crippen LogP contribution in [-0.4, -0.2) is 27.2 Å². The van der Waals surface area contributed by atoms with Crippen LogP contribution in [0.25, 0.3) is 0 Å². The maximum atomic E-state index is 10.6. The predicted octanol–water partition coefficient (Wildman–Crippen LogP) is 2.87. The van der Waals surface area contributed by atoms with Gasteiger partial charge >= 0.3 is 0 Å². The van der Waals surface area contributed by atoms with Gasteiger partial charge < -0.3 is 5.32 Å². The number of alkyl halides is 1. The molecule has 0 aliphatic carbocycles. The molecule has 1 aromatic carbocycles. The number of aliphatic imine (C=N–C) groups is 1. The molecule has 0 bridgehead atoms. The Morgan fingerprint density at radius 2 is 2.47 bits per heavy atom. The van der Waals surface area contributed by atoms with Crippen LogP contribution in [0.3, 0.4) is 0 Å². The topological polar surface area (TPSA) is 67.5 Å². The summed E-state index contributed by atoms with van der Waals surface area (Å²) in [6.07, 6.45) is 0. The van der Waals surface area contributed by atoms with Crippen molar-refractivity contribution in [3.05, 3.63) is 34.4 Å². The number of anilines is 1. The zero-order valence-corrected chi connectivity index (χ0v) is 11.2.